The first-order chi connectivity index (χ1) is 9.37. The normalized spacial score (nSPS) is 13.8. The van der Waals surface area contributed by atoms with Crippen molar-refractivity contribution >= 4 is 33.1 Å². The summed E-state index contributed by atoms with van der Waals surface area (Å²) in [7, 11) is -3.57. The van der Waals surface area contributed by atoms with Gasteiger partial charge in [0.05, 0.1) is 11.7 Å². The van der Waals surface area contributed by atoms with Crippen molar-refractivity contribution in [2.75, 3.05) is 6.26 Å². The maximum Gasteiger partial charge on any atom is 0.347 e. The van der Waals surface area contributed by atoms with E-state index < -0.39 is 32.5 Å². The van der Waals surface area contributed by atoms with Crippen molar-refractivity contribution in [1.82, 2.24) is 10.3 Å². The van der Waals surface area contributed by atoms with E-state index in [1.165, 1.54) is 13.8 Å². The number of nitrogens with one attached hydrogen (secondary N) is 1. The van der Waals surface area contributed by atoms with Gasteiger partial charge in [0, 0.05) is 6.26 Å². The second kappa shape index (κ2) is 5.72. The molecule has 0 saturated heterocycles. The van der Waals surface area contributed by atoms with Crippen molar-refractivity contribution in [2.24, 2.45) is 0 Å². The summed E-state index contributed by atoms with van der Waals surface area (Å²) < 4.78 is 21.7. The fourth-order valence-corrected chi connectivity index (χ4v) is 2.71. The minimum atomic E-state index is -3.57. The van der Waals surface area contributed by atoms with Crippen LogP contribution in [0.15, 0.2) is 0 Å². The van der Waals surface area contributed by atoms with Crippen LogP contribution in [0.5, 0.6) is 0 Å². The molecule has 0 spiro atoms. The summed E-state index contributed by atoms with van der Waals surface area (Å²) in [4.78, 5) is 27.3. The molecule has 2 N–H and O–H groups in total. The lowest BCUT2D eigenvalue weighted by molar-refractivity contribution is -0.123. The predicted octanol–water partition coefficient (Wildman–Crippen LogP) is 1.15. The number of thiazole rings is 1. The minimum absolute atomic E-state index is 0.105. The Morgan fingerprint density at radius 2 is 1.90 bits per heavy atom. The largest absolute Gasteiger partial charge is 0.477 e. The lowest BCUT2D eigenvalue weighted by Gasteiger charge is -2.23. The lowest BCUT2D eigenvalue weighted by Crippen LogP contribution is -2.48. The number of carbonyl (C=O) groups excluding carboxylic acids is 1. The van der Waals surface area contributed by atoms with Crippen LogP contribution in [0.3, 0.4) is 0 Å². The fraction of sp³-hybridized carbons (Fsp3) is 0.583. The number of hydrogen-bond acceptors (Lipinski definition) is 6. The van der Waals surface area contributed by atoms with E-state index in [0.717, 1.165) is 17.6 Å². The second-order valence-corrected chi connectivity index (χ2v) is 8.85. The van der Waals surface area contributed by atoms with Crippen LogP contribution in [0, 0.1) is 6.92 Å². The molecule has 1 atom stereocenters. The number of rotatable bonds is 5. The Morgan fingerprint density at radius 3 is 2.29 bits per heavy atom. The highest BCUT2D eigenvalue weighted by Gasteiger charge is 2.39. The molecule has 0 radical (unpaired) electrons. The summed E-state index contributed by atoms with van der Waals surface area (Å²) >= 11 is 0.961. The summed E-state index contributed by atoms with van der Waals surface area (Å²) in [5.41, 5.74) is 0.367. The predicted molar refractivity (Wildman–Crippen MR) is 79.3 cm³/mol. The second-order valence-electron chi connectivity index (χ2n) is 5.25. The van der Waals surface area contributed by atoms with Crippen LogP contribution >= 0.6 is 11.3 Å². The summed E-state index contributed by atoms with van der Waals surface area (Å²) in [5.74, 6) is -1.73. The van der Waals surface area contributed by atoms with Gasteiger partial charge in [0.15, 0.2) is 9.84 Å². The van der Waals surface area contributed by atoms with Gasteiger partial charge < -0.3 is 10.4 Å². The summed E-state index contributed by atoms with van der Waals surface area (Å²) in [6.07, 6.45) is 0.993. The zero-order valence-corrected chi connectivity index (χ0v) is 14.1. The molecule has 1 amide bonds. The Hall–Kier alpha value is -1.48. The van der Waals surface area contributed by atoms with Crippen LogP contribution in [0.25, 0.3) is 0 Å². The molecule has 118 valence electrons. The maximum absolute atomic E-state index is 12.1. The van der Waals surface area contributed by atoms with E-state index in [2.05, 4.69) is 10.3 Å². The molecule has 1 rings (SSSR count). The average molecular weight is 334 g/mol. The molecule has 0 aromatic carbocycles. The van der Waals surface area contributed by atoms with Crippen molar-refractivity contribution in [2.45, 2.75) is 38.5 Å². The first kappa shape index (κ1) is 17.6. The van der Waals surface area contributed by atoms with Gasteiger partial charge in [-0.2, -0.15) is 0 Å². The molecule has 0 aliphatic heterocycles. The average Bonchev–Trinajstić information content (AvgIpc) is 2.69. The van der Waals surface area contributed by atoms with Crippen LogP contribution in [0.1, 0.15) is 47.2 Å². The van der Waals surface area contributed by atoms with Gasteiger partial charge in [0.25, 0.3) is 0 Å². The maximum atomic E-state index is 12.1. The summed E-state index contributed by atoms with van der Waals surface area (Å²) in [5, 5.41) is 12.0. The molecule has 1 heterocycles. The van der Waals surface area contributed by atoms with E-state index in [0.29, 0.717) is 10.7 Å². The van der Waals surface area contributed by atoms with Crippen LogP contribution in [0.4, 0.5) is 0 Å². The lowest BCUT2D eigenvalue weighted by atomic mass is 10.2. The molecule has 7 nitrogen and oxygen atoms in total. The summed E-state index contributed by atoms with van der Waals surface area (Å²) in [6.45, 7) is 5.83. The molecule has 0 aliphatic carbocycles. The zero-order valence-electron chi connectivity index (χ0n) is 12.4. The molecule has 0 aliphatic rings. The van der Waals surface area contributed by atoms with Crippen molar-refractivity contribution < 1.29 is 23.1 Å². The highest BCUT2D eigenvalue weighted by molar-refractivity contribution is 7.92. The van der Waals surface area contributed by atoms with E-state index in [1.54, 1.807) is 13.8 Å². The number of carboxylic acid groups (broad SMARTS) is 1. The number of carboxylic acids is 1. The molecule has 1 aromatic rings. The van der Waals surface area contributed by atoms with E-state index in [4.69, 9.17) is 5.11 Å². The highest BCUT2D eigenvalue weighted by Crippen LogP contribution is 2.25. The monoisotopic (exact) mass is 334 g/mol. The Morgan fingerprint density at radius 1 is 1.38 bits per heavy atom. The van der Waals surface area contributed by atoms with Crippen LogP contribution in [-0.2, 0) is 14.6 Å². The number of aromatic carboxylic acids is 1. The van der Waals surface area contributed by atoms with E-state index in [-0.39, 0.29) is 4.88 Å². The number of carbonyl (C=O) groups is 2. The highest BCUT2D eigenvalue weighted by atomic mass is 32.2. The number of amides is 1. The third-order valence-corrected chi connectivity index (χ3v) is 6.57. The van der Waals surface area contributed by atoms with Crippen molar-refractivity contribution in [3.05, 3.63) is 15.6 Å². The fourth-order valence-electron chi connectivity index (χ4n) is 1.40. The molecular weight excluding hydrogens is 316 g/mol. The Bertz CT molecular complexity index is 676. The Labute approximate surface area is 127 Å². The van der Waals surface area contributed by atoms with Gasteiger partial charge in [0.2, 0.25) is 5.91 Å². The molecule has 1 aromatic heterocycles. The van der Waals surface area contributed by atoms with Crippen molar-refractivity contribution in [1.29, 1.82) is 0 Å². The molecule has 0 fully saturated rings. The number of aromatic nitrogens is 1. The Balaban J connectivity index is 2.97. The van der Waals surface area contributed by atoms with Crippen molar-refractivity contribution in [3.63, 3.8) is 0 Å². The number of sulfone groups is 1. The van der Waals surface area contributed by atoms with E-state index >= 15 is 0 Å². The van der Waals surface area contributed by atoms with Gasteiger partial charge in [-0.05, 0) is 27.7 Å². The molecule has 21 heavy (non-hydrogen) atoms. The van der Waals surface area contributed by atoms with Gasteiger partial charge in [-0.15, -0.1) is 11.3 Å². The topological polar surface area (TPSA) is 113 Å². The quantitative estimate of drug-likeness (QED) is 0.835. The molecule has 1 unspecified atom stereocenters. The molecule has 0 saturated carbocycles. The van der Waals surface area contributed by atoms with Gasteiger partial charge in [0.1, 0.15) is 14.6 Å². The molecular formula is C12H18N2O5S2. The number of aryl methyl sites for hydroxylation is 1. The van der Waals surface area contributed by atoms with Crippen LogP contribution < -0.4 is 5.32 Å². The molecule has 0 bridgehead atoms. The van der Waals surface area contributed by atoms with Gasteiger partial charge in [-0.3, -0.25) is 4.79 Å². The third-order valence-electron chi connectivity index (χ3n) is 3.20. The standard InChI is InChI=1S/C12H18N2O5S2/c1-6-8(10(15)16)20-9(13-6)7(2)14-11(17)12(3,4)21(5,18)19/h7H,1-5H3,(H,14,17)(H,15,16). The van der Waals surface area contributed by atoms with E-state index in [9.17, 15) is 18.0 Å². The Kier molecular flexibility index (Phi) is 4.79. The number of hydrogen-bond donors (Lipinski definition) is 2. The first-order valence-corrected chi connectivity index (χ1v) is 8.80. The van der Waals surface area contributed by atoms with Crippen LogP contribution in [0.2, 0.25) is 0 Å². The van der Waals surface area contributed by atoms with Crippen LogP contribution in [-0.4, -0.2) is 41.4 Å². The number of nitrogens with zero attached hydrogens (tertiary/aromatic N) is 1. The van der Waals surface area contributed by atoms with E-state index in [1.807, 2.05) is 0 Å². The molecule has 9 heteroatoms. The zero-order chi connectivity index (χ0) is 16.6. The van der Waals surface area contributed by atoms with Crippen molar-refractivity contribution in [3.8, 4) is 0 Å². The third kappa shape index (κ3) is 3.59. The smallest absolute Gasteiger partial charge is 0.347 e. The van der Waals surface area contributed by atoms with Gasteiger partial charge >= 0.3 is 5.97 Å². The minimum Gasteiger partial charge on any atom is -0.477 e. The summed E-state index contributed by atoms with van der Waals surface area (Å²) in [6, 6.07) is -0.574. The van der Waals surface area contributed by atoms with Gasteiger partial charge in [-0.1, -0.05) is 0 Å². The first-order valence-electron chi connectivity index (χ1n) is 6.09. The van der Waals surface area contributed by atoms with Gasteiger partial charge in [-0.25, -0.2) is 18.2 Å². The SMILES string of the molecule is Cc1nc(C(C)NC(=O)C(C)(C)S(C)(=O)=O)sc1C(=O)O.